The molecule has 0 fully saturated rings. The number of rotatable bonds is 4. The highest BCUT2D eigenvalue weighted by Gasteiger charge is 2.08. The molecule has 0 unspecified atom stereocenters. The maximum atomic E-state index is 11.1. The lowest BCUT2D eigenvalue weighted by molar-refractivity contribution is -0.137. The van der Waals surface area contributed by atoms with Gasteiger partial charge >= 0.3 is 5.97 Å². The van der Waals surface area contributed by atoms with E-state index < -0.39 is 5.97 Å². The molecule has 1 N–H and O–H groups in total. The molecular weight excluding hydrogens is 182 g/mol. The Morgan fingerprint density at radius 3 is 2.57 bits per heavy atom. The van der Waals surface area contributed by atoms with Crippen LogP contribution in [0.15, 0.2) is 12.3 Å². The molecule has 0 aliphatic heterocycles. The molecule has 0 atom stereocenters. The zero-order valence-electron chi connectivity index (χ0n) is 8.28. The highest BCUT2D eigenvalue weighted by Crippen LogP contribution is 2.11. The predicted octanol–water partition coefficient (Wildman–Crippen LogP) is 1.47. The second kappa shape index (κ2) is 4.09. The van der Waals surface area contributed by atoms with E-state index >= 15 is 0 Å². The summed E-state index contributed by atoms with van der Waals surface area (Å²) in [5.41, 5.74) is 1.49. The zero-order chi connectivity index (χ0) is 10.7. The molecule has 76 valence electrons. The average Bonchev–Trinajstić information content (AvgIpc) is 2.43. The zero-order valence-corrected chi connectivity index (χ0v) is 8.28. The quantitative estimate of drug-likeness (QED) is 0.740. The van der Waals surface area contributed by atoms with Crippen LogP contribution in [0.2, 0.25) is 0 Å². The molecule has 0 spiro atoms. The van der Waals surface area contributed by atoms with Gasteiger partial charge in [-0.3, -0.25) is 9.59 Å². The lowest BCUT2D eigenvalue weighted by Crippen LogP contribution is -2.06. The smallest absolute Gasteiger partial charge is 0.305 e. The first-order chi connectivity index (χ1) is 6.52. The van der Waals surface area contributed by atoms with Gasteiger partial charge in [-0.25, -0.2) is 0 Å². The third kappa shape index (κ3) is 2.22. The van der Waals surface area contributed by atoms with Gasteiger partial charge in [0.05, 0.1) is 6.42 Å². The average molecular weight is 195 g/mol. The Kier molecular flexibility index (Phi) is 3.06. The van der Waals surface area contributed by atoms with Crippen molar-refractivity contribution in [3.63, 3.8) is 0 Å². The monoisotopic (exact) mass is 195 g/mol. The van der Waals surface area contributed by atoms with Crippen molar-refractivity contribution >= 4 is 11.8 Å². The number of carboxylic acid groups (broad SMARTS) is 1. The van der Waals surface area contributed by atoms with E-state index in [2.05, 4.69) is 0 Å². The van der Waals surface area contributed by atoms with Crippen molar-refractivity contribution in [2.75, 3.05) is 0 Å². The topological polar surface area (TPSA) is 59.3 Å². The summed E-state index contributed by atoms with van der Waals surface area (Å²) in [5, 5.41) is 8.50. The second-order valence-corrected chi connectivity index (χ2v) is 3.21. The Morgan fingerprint density at radius 2 is 2.14 bits per heavy atom. The van der Waals surface area contributed by atoms with E-state index in [0.717, 1.165) is 5.69 Å². The van der Waals surface area contributed by atoms with Crippen molar-refractivity contribution in [3.8, 4) is 0 Å². The summed E-state index contributed by atoms with van der Waals surface area (Å²) in [7, 11) is 0. The number of carbonyl (C=O) groups is 2. The van der Waals surface area contributed by atoms with Gasteiger partial charge in [-0.15, -0.1) is 0 Å². The van der Waals surface area contributed by atoms with E-state index in [4.69, 9.17) is 5.11 Å². The fraction of sp³-hybridized carbons (Fsp3) is 0.400. The van der Waals surface area contributed by atoms with Crippen LogP contribution in [0.5, 0.6) is 0 Å². The van der Waals surface area contributed by atoms with Crippen LogP contribution in [0, 0.1) is 6.92 Å². The number of carbonyl (C=O) groups excluding carboxylic acids is 1. The molecule has 14 heavy (non-hydrogen) atoms. The van der Waals surface area contributed by atoms with Crippen LogP contribution in [0.25, 0.3) is 0 Å². The number of aromatic nitrogens is 1. The summed E-state index contributed by atoms with van der Waals surface area (Å²) in [4.78, 5) is 21.4. The van der Waals surface area contributed by atoms with E-state index in [9.17, 15) is 9.59 Å². The fourth-order valence-electron chi connectivity index (χ4n) is 1.38. The first kappa shape index (κ1) is 10.5. The molecule has 0 radical (unpaired) electrons. The largest absolute Gasteiger partial charge is 0.481 e. The second-order valence-electron chi connectivity index (χ2n) is 3.21. The molecule has 4 nitrogen and oxygen atoms in total. The molecule has 0 bridgehead atoms. The lowest BCUT2D eigenvalue weighted by atomic mass is 10.2. The maximum absolute atomic E-state index is 11.1. The van der Waals surface area contributed by atoms with E-state index in [1.807, 2.05) is 6.92 Å². The SMILES string of the molecule is CC(=O)c1ccn(CCC(=O)O)c1C. The minimum atomic E-state index is -0.831. The van der Waals surface area contributed by atoms with Gasteiger partial charge in [0, 0.05) is 24.0 Å². The van der Waals surface area contributed by atoms with Crippen molar-refractivity contribution in [3.05, 3.63) is 23.5 Å². The molecule has 1 aromatic rings. The third-order valence-electron chi connectivity index (χ3n) is 2.19. The minimum Gasteiger partial charge on any atom is -0.481 e. The Labute approximate surface area is 82.2 Å². The number of nitrogens with zero attached hydrogens (tertiary/aromatic N) is 1. The third-order valence-corrected chi connectivity index (χ3v) is 2.19. The van der Waals surface area contributed by atoms with Gasteiger partial charge in [0.25, 0.3) is 0 Å². The predicted molar refractivity (Wildman–Crippen MR) is 51.4 cm³/mol. The molecule has 0 aromatic carbocycles. The molecule has 0 saturated heterocycles. The summed E-state index contributed by atoms with van der Waals surface area (Å²) < 4.78 is 1.78. The Balaban J connectivity index is 2.79. The van der Waals surface area contributed by atoms with Gasteiger partial charge < -0.3 is 9.67 Å². The number of hydrogen-bond acceptors (Lipinski definition) is 2. The molecular formula is C10H13NO3. The Bertz CT molecular complexity index is 365. The van der Waals surface area contributed by atoms with Gasteiger partial charge in [0.2, 0.25) is 0 Å². The van der Waals surface area contributed by atoms with E-state index in [1.165, 1.54) is 6.92 Å². The molecule has 1 heterocycles. The summed E-state index contributed by atoms with van der Waals surface area (Å²) in [6.07, 6.45) is 1.82. The Hall–Kier alpha value is -1.58. The van der Waals surface area contributed by atoms with Crippen LogP contribution in [-0.2, 0) is 11.3 Å². The highest BCUT2D eigenvalue weighted by molar-refractivity contribution is 5.95. The molecule has 0 aliphatic carbocycles. The maximum Gasteiger partial charge on any atom is 0.305 e. The molecule has 0 amide bonds. The molecule has 0 aliphatic rings. The first-order valence-corrected chi connectivity index (χ1v) is 4.41. The number of aryl methyl sites for hydroxylation is 1. The van der Waals surface area contributed by atoms with E-state index in [-0.39, 0.29) is 12.2 Å². The minimum absolute atomic E-state index is 0.0107. The number of aliphatic carboxylic acids is 1. The van der Waals surface area contributed by atoms with Crippen molar-refractivity contribution in [1.82, 2.24) is 4.57 Å². The van der Waals surface area contributed by atoms with Gasteiger partial charge in [-0.2, -0.15) is 0 Å². The van der Waals surface area contributed by atoms with Crippen LogP contribution >= 0.6 is 0 Å². The van der Waals surface area contributed by atoms with Crippen LogP contribution in [0.4, 0.5) is 0 Å². The number of hydrogen-bond donors (Lipinski definition) is 1. The van der Waals surface area contributed by atoms with Gasteiger partial charge in [0.15, 0.2) is 5.78 Å². The lowest BCUT2D eigenvalue weighted by Gasteiger charge is -2.04. The highest BCUT2D eigenvalue weighted by atomic mass is 16.4. The van der Waals surface area contributed by atoms with E-state index in [1.54, 1.807) is 16.8 Å². The summed E-state index contributed by atoms with van der Waals surface area (Å²) in [6.45, 7) is 3.73. The molecule has 0 saturated carbocycles. The fourth-order valence-corrected chi connectivity index (χ4v) is 1.38. The van der Waals surface area contributed by atoms with Gasteiger partial charge in [-0.1, -0.05) is 0 Å². The number of carboxylic acids is 1. The van der Waals surface area contributed by atoms with Crippen LogP contribution in [0.1, 0.15) is 29.4 Å². The van der Waals surface area contributed by atoms with Crippen molar-refractivity contribution < 1.29 is 14.7 Å². The van der Waals surface area contributed by atoms with Crippen molar-refractivity contribution in [2.24, 2.45) is 0 Å². The summed E-state index contributed by atoms with van der Waals surface area (Å²) in [6, 6.07) is 1.72. The molecule has 1 aromatic heterocycles. The Morgan fingerprint density at radius 1 is 1.50 bits per heavy atom. The van der Waals surface area contributed by atoms with E-state index in [0.29, 0.717) is 12.1 Å². The van der Waals surface area contributed by atoms with Crippen molar-refractivity contribution in [2.45, 2.75) is 26.8 Å². The first-order valence-electron chi connectivity index (χ1n) is 4.41. The normalized spacial score (nSPS) is 10.1. The summed E-state index contributed by atoms with van der Waals surface area (Å²) in [5.74, 6) is -0.820. The molecule has 4 heteroatoms. The van der Waals surface area contributed by atoms with Crippen LogP contribution in [-0.4, -0.2) is 21.4 Å². The van der Waals surface area contributed by atoms with Crippen molar-refractivity contribution in [1.29, 1.82) is 0 Å². The molecule has 1 rings (SSSR count). The van der Waals surface area contributed by atoms with Crippen LogP contribution in [0.3, 0.4) is 0 Å². The van der Waals surface area contributed by atoms with Crippen LogP contribution < -0.4 is 0 Å². The van der Waals surface area contributed by atoms with Gasteiger partial charge in [-0.05, 0) is 19.9 Å². The summed E-state index contributed by atoms with van der Waals surface area (Å²) >= 11 is 0. The number of ketones is 1. The number of Topliss-reactive ketones (excluding diaryl/α,β-unsaturated/α-hetero) is 1. The standard InChI is InChI=1S/C10H13NO3/c1-7-9(8(2)12)3-5-11(7)6-4-10(13)14/h3,5H,4,6H2,1-2H3,(H,13,14). The van der Waals surface area contributed by atoms with Gasteiger partial charge in [0.1, 0.15) is 0 Å².